The van der Waals surface area contributed by atoms with Crippen molar-refractivity contribution in [3.63, 3.8) is 0 Å². The molecule has 1 unspecified atom stereocenters. The maximum atomic E-state index is 10.4. The van der Waals surface area contributed by atoms with Crippen molar-refractivity contribution in [2.75, 3.05) is 0 Å². The van der Waals surface area contributed by atoms with Gasteiger partial charge < -0.3 is 5.11 Å². The lowest BCUT2D eigenvalue weighted by atomic mass is 10.1. The van der Waals surface area contributed by atoms with E-state index in [2.05, 4.69) is 5.10 Å². The number of nitrogens with zero attached hydrogens (tertiary/aromatic N) is 3. The molecular weight excluding hydrogens is 262 g/mol. The van der Waals surface area contributed by atoms with Gasteiger partial charge in [-0.1, -0.05) is 0 Å². The van der Waals surface area contributed by atoms with E-state index in [0.29, 0.717) is 10.7 Å². The topological polar surface area (TPSA) is 41.9 Å². The van der Waals surface area contributed by atoms with E-state index in [0.717, 1.165) is 18.0 Å². The summed E-state index contributed by atoms with van der Waals surface area (Å²) in [7, 11) is 1.86. The molecule has 1 N–H and O–H groups in total. The minimum Gasteiger partial charge on any atom is -0.383 e. The van der Waals surface area contributed by atoms with Crippen LogP contribution in [0.1, 0.15) is 30.1 Å². The molecule has 1 aliphatic rings. The van der Waals surface area contributed by atoms with Crippen LogP contribution in [-0.4, -0.2) is 14.9 Å². The number of aromatic nitrogens is 3. The summed E-state index contributed by atoms with van der Waals surface area (Å²) in [6.45, 7) is 0.947. The van der Waals surface area contributed by atoms with E-state index in [1.807, 2.05) is 36.3 Å². The Morgan fingerprint density at radius 2 is 2.37 bits per heavy atom. The van der Waals surface area contributed by atoms with Crippen molar-refractivity contribution < 1.29 is 9.67 Å². The molecule has 0 amide bonds. The van der Waals surface area contributed by atoms with Crippen LogP contribution >= 0.6 is 11.6 Å². The maximum Gasteiger partial charge on any atom is 0.280 e. The molecule has 0 radical (unpaired) electrons. The van der Waals surface area contributed by atoms with Crippen molar-refractivity contribution in [2.24, 2.45) is 13.0 Å². The average Bonchev–Trinajstić information content (AvgIpc) is 3.08. The standard InChI is InChI=1S/C14H17ClN3O/c1-17-6-2-3-12(14(17)15)13(19)11-7-16-18(9-11)8-10-4-5-10/h2-3,6-7,9-10,13,19H,4-5,8H2,1H3/q+1. The molecule has 2 aromatic rings. The third-order valence-corrected chi connectivity index (χ3v) is 4.02. The zero-order chi connectivity index (χ0) is 13.4. The lowest BCUT2D eigenvalue weighted by Crippen LogP contribution is -2.30. The second-order valence-corrected chi connectivity index (χ2v) is 5.56. The van der Waals surface area contributed by atoms with E-state index in [9.17, 15) is 5.11 Å². The van der Waals surface area contributed by atoms with Gasteiger partial charge in [-0.05, 0) is 36.4 Å². The molecule has 2 aromatic heterocycles. The predicted molar refractivity (Wildman–Crippen MR) is 71.6 cm³/mol. The van der Waals surface area contributed by atoms with Gasteiger partial charge >= 0.3 is 0 Å². The summed E-state index contributed by atoms with van der Waals surface area (Å²) in [4.78, 5) is 0. The number of halogens is 1. The van der Waals surface area contributed by atoms with Crippen molar-refractivity contribution in [2.45, 2.75) is 25.5 Å². The second-order valence-electron chi connectivity index (χ2n) is 5.21. The Bertz CT molecular complexity index is 592. The molecule has 0 saturated heterocycles. The Morgan fingerprint density at radius 3 is 3.11 bits per heavy atom. The molecule has 1 saturated carbocycles. The molecular formula is C14H17ClN3O+. The SMILES string of the molecule is C[n+]1cccc(C(O)c2cnn(CC3CC3)c2)c1Cl. The molecule has 0 bridgehead atoms. The summed E-state index contributed by atoms with van der Waals surface area (Å²) < 4.78 is 3.70. The highest BCUT2D eigenvalue weighted by Crippen LogP contribution is 2.31. The second kappa shape index (κ2) is 4.94. The minimum atomic E-state index is -0.729. The highest BCUT2D eigenvalue weighted by Gasteiger charge is 2.24. The van der Waals surface area contributed by atoms with Crippen LogP contribution in [0.5, 0.6) is 0 Å². The molecule has 0 aliphatic heterocycles. The van der Waals surface area contributed by atoms with Gasteiger partial charge in [0.2, 0.25) is 0 Å². The van der Waals surface area contributed by atoms with Gasteiger partial charge in [-0.2, -0.15) is 9.67 Å². The highest BCUT2D eigenvalue weighted by atomic mass is 35.5. The number of aryl methyl sites for hydroxylation is 1. The zero-order valence-corrected chi connectivity index (χ0v) is 11.6. The molecule has 0 aromatic carbocycles. The fourth-order valence-electron chi connectivity index (χ4n) is 2.18. The van der Waals surface area contributed by atoms with E-state index in [4.69, 9.17) is 11.6 Å². The molecule has 1 atom stereocenters. The Labute approximate surface area is 117 Å². The summed E-state index contributed by atoms with van der Waals surface area (Å²) >= 11 is 6.21. The largest absolute Gasteiger partial charge is 0.383 e. The first-order chi connectivity index (χ1) is 9.15. The number of aliphatic hydroxyl groups is 1. The fraction of sp³-hybridized carbons (Fsp3) is 0.429. The maximum absolute atomic E-state index is 10.4. The van der Waals surface area contributed by atoms with Crippen LogP contribution < -0.4 is 4.57 Å². The third-order valence-electron chi connectivity index (χ3n) is 3.54. The summed E-state index contributed by atoms with van der Waals surface area (Å²) in [6.07, 6.45) is 7.33. The minimum absolute atomic E-state index is 0.546. The van der Waals surface area contributed by atoms with Crippen LogP contribution in [0.25, 0.3) is 0 Å². The lowest BCUT2D eigenvalue weighted by Gasteiger charge is -2.08. The first kappa shape index (κ1) is 12.6. The van der Waals surface area contributed by atoms with Crippen LogP contribution in [0.15, 0.2) is 30.7 Å². The Balaban J connectivity index is 1.83. The van der Waals surface area contributed by atoms with E-state index in [-0.39, 0.29) is 0 Å². The van der Waals surface area contributed by atoms with Crippen LogP contribution in [0.3, 0.4) is 0 Å². The van der Waals surface area contributed by atoms with Gasteiger partial charge in [0.1, 0.15) is 13.2 Å². The normalized spacial score (nSPS) is 16.6. The molecule has 5 heteroatoms. The van der Waals surface area contributed by atoms with Crippen molar-refractivity contribution in [3.8, 4) is 0 Å². The zero-order valence-electron chi connectivity index (χ0n) is 10.8. The Hall–Kier alpha value is -1.39. The molecule has 2 heterocycles. The molecule has 0 spiro atoms. The van der Waals surface area contributed by atoms with Crippen LogP contribution in [0.4, 0.5) is 0 Å². The van der Waals surface area contributed by atoms with Gasteiger partial charge in [0.05, 0.1) is 11.8 Å². The average molecular weight is 279 g/mol. The monoisotopic (exact) mass is 278 g/mol. The number of pyridine rings is 1. The van der Waals surface area contributed by atoms with Gasteiger partial charge in [-0.15, -0.1) is 0 Å². The number of hydrogen-bond donors (Lipinski definition) is 1. The van der Waals surface area contributed by atoms with E-state index in [1.54, 1.807) is 10.8 Å². The van der Waals surface area contributed by atoms with Gasteiger partial charge in [-0.3, -0.25) is 4.68 Å². The van der Waals surface area contributed by atoms with Crippen LogP contribution in [-0.2, 0) is 13.6 Å². The summed E-state index contributed by atoms with van der Waals surface area (Å²) in [6, 6.07) is 3.71. The first-order valence-corrected chi connectivity index (χ1v) is 6.87. The quantitative estimate of drug-likeness (QED) is 0.685. The van der Waals surface area contributed by atoms with Crippen molar-refractivity contribution in [1.29, 1.82) is 0 Å². The van der Waals surface area contributed by atoms with Gasteiger partial charge in [0.15, 0.2) is 6.20 Å². The summed E-state index contributed by atoms with van der Waals surface area (Å²) in [5.41, 5.74) is 1.49. The lowest BCUT2D eigenvalue weighted by molar-refractivity contribution is -0.669. The molecule has 3 rings (SSSR count). The predicted octanol–water partition coefficient (Wildman–Crippen LogP) is 1.85. The number of hydrogen-bond acceptors (Lipinski definition) is 2. The summed E-state index contributed by atoms with van der Waals surface area (Å²) in [5, 5.41) is 15.3. The van der Waals surface area contributed by atoms with Crippen molar-refractivity contribution in [1.82, 2.24) is 9.78 Å². The van der Waals surface area contributed by atoms with Gasteiger partial charge in [0.25, 0.3) is 5.15 Å². The summed E-state index contributed by atoms with van der Waals surface area (Å²) in [5.74, 6) is 0.767. The molecule has 19 heavy (non-hydrogen) atoms. The van der Waals surface area contributed by atoms with Crippen molar-refractivity contribution >= 4 is 11.6 Å². The Morgan fingerprint density at radius 1 is 1.58 bits per heavy atom. The molecule has 4 nitrogen and oxygen atoms in total. The highest BCUT2D eigenvalue weighted by molar-refractivity contribution is 6.29. The van der Waals surface area contributed by atoms with Crippen LogP contribution in [0, 0.1) is 5.92 Å². The van der Waals surface area contributed by atoms with E-state index in [1.165, 1.54) is 12.8 Å². The van der Waals surface area contributed by atoms with E-state index >= 15 is 0 Å². The van der Waals surface area contributed by atoms with Gasteiger partial charge in [-0.25, -0.2) is 0 Å². The molecule has 1 aliphatic carbocycles. The van der Waals surface area contributed by atoms with Gasteiger partial charge in [0, 0.05) is 24.4 Å². The number of aliphatic hydroxyl groups excluding tert-OH is 1. The molecule has 100 valence electrons. The first-order valence-electron chi connectivity index (χ1n) is 6.49. The van der Waals surface area contributed by atoms with Crippen molar-refractivity contribution in [3.05, 3.63) is 47.0 Å². The number of rotatable bonds is 4. The third kappa shape index (κ3) is 2.65. The Kier molecular flexibility index (Phi) is 3.29. The van der Waals surface area contributed by atoms with E-state index < -0.39 is 6.10 Å². The van der Waals surface area contributed by atoms with Crippen LogP contribution in [0.2, 0.25) is 5.15 Å². The smallest absolute Gasteiger partial charge is 0.280 e. The molecule has 1 fully saturated rings. The fourth-order valence-corrected chi connectivity index (χ4v) is 2.41.